The third-order valence-electron chi connectivity index (χ3n) is 3.95. The Bertz CT molecular complexity index is 1040. The lowest BCUT2D eigenvalue weighted by Gasteiger charge is -2.18. The summed E-state index contributed by atoms with van der Waals surface area (Å²) in [6, 6.07) is 10.8. The molecule has 25 heavy (non-hydrogen) atoms. The largest absolute Gasteiger partial charge is 0.486 e. The van der Waals surface area contributed by atoms with Gasteiger partial charge < -0.3 is 14.0 Å². The molecular weight excluding hydrogens is 360 g/mol. The van der Waals surface area contributed by atoms with Crippen LogP contribution in [-0.4, -0.2) is 23.7 Å². The molecule has 7 heteroatoms. The molecule has 0 saturated carbocycles. The van der Waals surface area contributed by atoms with Crippen molar-refractivity contribution in [1.82, 2.24) is 4.57 Å². The summed E-state index contributed by atoms with van der Waals surface area (Å²) in [7, 11) is 0. The lowest BCUT2D eigenvalue weighted by molar-refractivity contribution is 0.0996. The summed E-state index contributed by atoms with van der Waals surface area (Å²) in [6.07, 6.45) is 0. The van der Waals surface area contributed by atoms with Crippen molar-refractivity contribution in [2.24, 2.45) is 4.99 Å². The van der Waals surface area contributed by atoms with E-state index in [2.05, 4.69) is 4.99 Å². The summed E-state index contributed by atoms with van der Waals surface area (Å²) < 4.78 is 14.0. The number of rotatable bonds is 2. The van der Waals surface area contributed by atoms with Gasteiger partial charge in [-0.2, -0.15) is 4.99 Å². The molecule has 128 valence electrons. The molecule has 1 aliphatic heterocycles. The molecule has 0 saturated heterocycles. The van der Waals surface area contributed by atoms with Crippen molar-refractivity contribution in [2.75, 3.05) is 13.2 Å². The van der Waals surface area contributed by atoms with Gasteiger partial charge in [0.15, 0.2) is 16.3 Å². The predicted molar refractivity (Wildman–Crippen MR) is 97.8 cm³/mol. The number of halogens is 1. The quantitative estimate of drug-likeness (QED) is 0.683. The molecule has 1 aliphatic rings. The first kappa shape index (κ1) is 16.2. The summed E-state index contributed by atoms with van der Waals surface area (Å²) in [5.74, 6) is 0.914. The van der Waals surface area contributed by atoms with E-state index >= 15 is 0 Å². The molecule has 0 unspecified atom stereocenters. The van der Waals surface area contributed by atoms with Crippen molar-refractivity contribution in [3.8, 4) is 11.5 Å². The normalized spacial score (nSPS) is 14.1. The minimum atomic E-state index is -0.318. The minimum absolute atomic E-state index is 0.318. The second-order valence-corrected chi connectivity index (χ2v) is 6.91. The molecule has 0 spiro atoms. The molecule has 3 aromatic rings. The summed E-state index contributed by atoms with van der Waals surface area (Å²) in [5.41, 5.74) is 1.38. The first-order chi connectivity index (χ1) is 12.2. The molecule has 1 amide bonds. The third kappa shape index (κ3) is 2.92. The molecular formula is C18H15ClN2O3S. The molecule has 0 N–H and O–H groups in total. The van der Waals surface area contributed by atoms with Gasteiger partial charge in [-0.05, 0) is 37.3 Å². The highest BCUT2D eigenvalue weighted by atomic mass is 35.5. The van der Waals surface area contributed by atoms with E-state index in [0.29, 0.717) is 46.6 Å². The number of fused-ring (bicyclic) bond motifs is 2. The van der Waals surface area contributed by atoms with Crippen molar-refractivity contribution in [2.45, 2.75) is 13.5 Å². The number of nitrogens with zero attached hydrogens (tertiary/aromatic N) is 2. The number of para-hydroxylation sites is 1. The zero-order valence-electron chi connectivity index (χ0n) is 13.5. The molecule has 4 rings (SSSR count). The zero-order chi connectivity index (χ0) is 17.4. The molecule has 2 aromatic carbocycles. The minimum Gasteiger partial charge on any atom is -0.486 e. The molecule has 5 nitrogen and oxygen atoms in total. The van der Waals surface area contributed by atoms with Crippen molar-refractivity contribution >= 4 is 39.1 Å². The summed E-state index contributed by atoms with van der Waals surface area (Å²) in [6.45, 7) is 3.68. The van der Waals surface area contributed by atoms with Crippen LogP contribution in [0.5, 0.6) is 11.5 Å². The maximum atomic E-state index is 12.6. The molecule has 2 heterocycles. The fourth-order valence-electron chi connectivity index (χ4n) is 2.79. The number of amides is 1. The first-order valence-electron chi connectivity index (χ1n) is 7.94. The van der Waals surface area contributed by atoms with E-state index in [4.69, 9.17) is 21.1 Å². The van der Waals surface area contributed by atoms with E-state index in [-0.39, 0.29) is 5.91 Å². The first-order valence-corrected chi connectivity index (χ1v) is 9.13. The standard InChI is InChI=1S/C18H15ClN2O3S/c1-2-21-16-12(19)4-3-5-15(16)25-18(21)20-17(22)11-6-7-13-14(10-11)24-9-8-23-13/h3-7,10H,2,8-9H2,1H3. The Balaban J connectivity index is 1.79. The number of aryl methyl sites for hydroxylation is 1. The molecule has 0 radical (unpaired) electrons. The van der Waals surface area contributed by atoms with E-state index in [9.17, 15) is 4.79 Å². The molecule has 0 atom stereocenters. The highest BCUT2D eigenvalue weighted by Gasteiger charge is 2.15. The Morgan fingerprint density at radius 2 is 2.04 bits per heavy atom. The third-order valence-corrected chi connectivity index (χ3v) is 5.30. The SMILES string of the molecule is CCn1c(=NC(=O)c2ccc3c(c2)OCCO3)sc2cccc(Cl)c21. The van der Waals surface area contributed by atoms with Gasteiger partial charge in [0, 0.05) is 12.1 Å². The van der Waals surface area contributed by atoms with Gasteiger partial charge >= 0.3 is 0 Å². The highest BCUT2D eigenvalue weighted by molar-refractivity contribution is 7.16. The van der Waals surface area contributed by atoms with Gasteiger partial charge in [-0.1, -0.05) is 29.0 Å². The molecule has 0 bridgehead atoms. The van der Waals surface area contributed by atoms with E-state index < -0.39 is 0 Å². The Morgan fingerprint density at radius 3 is 2.84 bits per heavy atom. The van der Waals surface area contributed by atoms with Gasteiger partial charge in [-0.3, -0.25) is 4.79 Å². The van der Waals surface area contributed by atoms with Crippen LogP contribution in [0.2, 0.25) is 5.02 Å². The summed E-state index contributed by atoms with van der Waals surface area (Å²) in [5, 5.41) is 0.656. The number of carbonyl (C=O) groups excluding carboxylic acids is 1. The van der Waals surface area contributed by atoms with Crippen LogP contribution < -0.4 is 14.3 Å². The molecule has 0 fully saturated rings. The number of aromatic nitrogens is 1. The smallest absolute Gasteiger partial charge is 0.279 e. The topological polar surface area (TPSA) is 52.8 Å². The van der Waals surface area contributed by atoms with Gasteiger partial charge in [0.1, 0.15) is 13.2 Å². The van der Waals surface area contributed by atoms with Gasteiger partial charge in [0.2, 0.25) is 0 Å². The average molecular weight is 375 g/mol. The van der Waals surface area contributed by atoms with Gasteiger partial charge in [-0.25, -0.2) is 0 Å². The van der Waals surface area contributed by atoms with Crippen LogP contribution >= 0.6 is 22.9 Å². The Morgan fingerprint density at radius 1 is 1.24 bits per heavy atom. The summed E-state index contributed by atoms with van der Waals surface area (Å²) >= 11 is 7.77. The maximum absolute atomic E-state index is 12.6. The average Bonchev–Trinajstić information content (AvgIpc) is 2.99. The molecule has 0 aliphatic carbocycles. The Hall–Kier alpha value is -2.31. The van der Waals surface area contributed by atoms with Crippen LogP contribution in [0.1, 0.15) is 17.3 Å². The van der Waals surface area contributed by atoms with Gasteiger partial charge in [0.05, 0.1) is 15.2 Å². The monoisotopic (exact) mass is 374 g/mol. The fourth-order valence-corrected chi connectivity index (χ4v) is 4.25. The van der Waals surface area contributed by atoms with E-state index in [0.717, 1.165) is 10.2 Å². The van der Waals surface area contributed by atoms with Crippen molar-refractivity contribution < 1.29 is 14.3 Å². The van der Waals surface area contributed by atoms with Gasteiger partial charge in [0.25, 0.3) is 5.91 Å². The van der Waals surface area contributed by atoms with E-state index in [1.807, 2.05) is 29.7 Å². The Kier molecular flexibility index (Phi) is 4.23. The number of benzene rings is 2. The number of carbonyl (C=O) groups is 1. The van der Waals surface area contributed by atoms with Crippen LogP contribution in [0.4, 0.5) is 0 Å². The zero-order valence-corrected chi connectivity index (χ0v) is 15.1. The fraction of sp³-hybridized carbons (Fsp3) is 0.222. The predicted octanol–water partition coefficient (Wildman–Crippen LogP) is 3.89. The lowest BCUT2D eigenvalue weighted by Crippen LogP contribution is -2.17. The number of hydrogen-bond acceptors (Lipinski definition) is 4. The van der Waals surface area contributed by atoms with E-state index in [1.54, 1.807) is 18.2 Å². The van der Waals surface area contributed by atoms with Gasteiger partial charge in [-0.15, -0.1) is 0 Å². The molecule has 1 aromatic heterocycles. The van der Waals surface area contributed by atoms with Crippen LogP contribution in [0.25, 0.3) is 10.2 Å². The number of hydrogen-bond donors (Lipinski definition) is 0. The van der Waals surface area contributed by atoms with Crippen LogP contribution in [0.3, 0.4) is 0 Å². The number of thiazole rings is 1. The maximum Gasteiger partial charge on any atom is 0.279 e. The van der Waals surface area contributed by atoms with Crippen molar-refractivity contribution in [3.63, 3.8) is 0 Å². The van der Waals surface area contributed by atoms with E-state index in [1.165, 1.54) is 11.3 Å². The van der Waals surface area contributed by atoms with Crippen molar-refractivity contribution in [3.05, 3.63) is 51.8 Å². The van der Waals surface area contributed by atoms with Crippen LogP contribution in [0, 0.1) is 0 Å². The van der Waals surface area contributed by atoms with Crippen LogP contribution in [0.15, 0.2) is 41.4 Å². The second-order valence-electron chi connectivity index (χ2n) is 5.49. The lowest BCUT2D eigenvalue weighted by atomic mass is 10.2. The highest BCUT2D eigenvalue weighted by Crippen LogP contribution is 2.31. The van der Waals surface area contributed by atoms with Crippen LogP contribution in [-0.2, 0) is 6.54 Å². The van der Waals surface area contributed by atoms with Crippen molar-refractivity contribution in [1.29, 1.82) is 0 Å². The summed E-state index contributed by atoms with van der Waals surface area (Å²) in [4.78, 5) is 17.6. The number of ether oxygens (including phenoxy) is 2. The Labute approximate surface area is 153 Å². The second kappa shape index (κ2) is 6.54.